The average Bonchev–Trinajstić information content (AvgIpc) is 2.16. The Hall–Kier alpha value is -0.930. The number of aliphatic hydroxyl groups excluding tert-OH is 1. The molecule has 78 valence electrons. The quantitative estimate of drug-likeness (QED) is 0.777. The van der Waals surface area contributed by atoms with Crippen LogP contribution in [0.3, 0.4) is 0 Å². The molecule has 0 fully saturated rings. The number of aliphatic hydroxyl groups is 1. The van der Waals surface area contributed by atoms with Gasteiger partial charge in [0.1, 0.15) is 5.82 Å². The van der Waals surface area contributed by atoms with Crippen LogP contribution in [0.15, 0.2) is 18.2 Å². The maximum absolute atomic E-state index is 13.4. The fraction of sp³-hybridized carbons (Fsp3) is 0.455. The highest BCUT2D eigenvalue weighted by Crippen LogP contribution is 2.23. The van der Waals surface area contributed by atoms with Crippen LogP contribution in [-0.4, -0.2) is 11.1 Å². The SMILES string of the molecule is CC[C@@H](N)[C@@H](O)c1c(C)cccc1F. The van der Waals surface area contributed by atoms with Crippen molar-refractivity contribution in [3.05, 3.63) is 35.1 Å². The number of rotatable bonds is 3. The molecule has 2 nitrogen and oxygen atoms in total. The van der Waals surface area contributed by atoms with Gasteiger partial charge in [0.2, 0.25) is 0 Å². The summed E-state index contributed by atoms with van der Waals surface area (Å²) in [6, 6.07) is 4.32. The molecule has 1 aromatic carbocycles. The second-order valence-corrected chi connectivity index (χ2v) is 3.49. The van der Waals surface area contributed by atoms with E-state index in [-0.39, 0.29) is 5.82 Å². The van der Waals surface area contributed by atoms with Crippen LogP contribution in [0.5, 0.6) is 0 Å². The Kier molecular flexibility index (Phi) is 3.61. The lowest BCUT2D eigenvalue weighted by molar-refractivity contribution is 0.139. The smallest absolute Gasteiger partial charge is 0.129 e. The summed E-state index contributed by atoms with van der Waals surface area (Å²) in [7, 11) is 0. The van der Waals surface area contributed by atoms with Crippen molar-refractivity contribution in [2.45, 2.75) is 32.4 Å². The van der Waals surface area contributed by atoms with Gasteiger partial charge in [0.15, 0.2) is 0 Å². The lowest BCUT2D eigenvalue weighted by atomic mass is 9.96. The summed E-state index contributed by atoms with van der Waals surface area (Å²) in [6.45, 7) is 3.63. The lowest BCUT2D eigenvalue weighted by Gasteiger charge is -2.19. The molecular formula is C11H16FNO. The van der Waals surface area contributed by atoms with Gasteiger partial charge in [-0.05, 0) is 25.0 Å². The van der Waals surface area contributed by atoms with Crippen LogP contribution in [0.2, 0.25) is 0 Å². The molecule has 0 aliphatic heterocycles. The molecule has 1 rings (SSSR count). The van der Waals surface area contributed by atoms with Crippen molar-refractivity contribution in [1.29, 1.82) is 0 Å². The van der Waals surface area contributed by atoms with E-state index in [1.54, 1.807) is 19.1 Å². The van der Waals surface area contributed by atoms with E-state index in [0.717, 1.165) is 5.56 Å². The fourth-order valence-electron chi connectivity index (χ4n) is 1.46. The van der Waals surface area contributed by atoms with Crippen molar-refractivity contribution >= 4 is 0 Å². The fourth-order valence-corrected chi connectivity index (χ4v) is 1.46. The molecule has 0 amide bonds. The molecule has 0 saturated carbocycles. The van der Waals surface area contributed by atoms with E-state index in [2.05, 4.69) is 0 Å². The van der Waals surface area contributed by atoms with Crippen molar-refractivity contribution in [2.24, 2.45) is 5.73 Å². The van der Waals surface area contributed by atoms with Crippen molar-refractivity contribution in [3.8, 4) is 0 Å². The molecule has 0 unspecified atom stereocenters. The normalized spacial score (nSPS) is 15.2. The molecule has 0 bridgehead atoms. The van der Waals surface area contributed by atoms with E-state index in [0.29, 0.717) is 12.0 Å². The highest BCUT2D eigenvalue weighted by Gasteiger charge is 2.20. The second kappa shape index (κ2) is 4.53. The van der Waals surface area contributed by atoms with Crippen LogP contribution >= 0.6 is 0 Å². The summed E-state index contributed by atoms with van der Waals surface area (Å²) in [5, 5.41) is 9.79. The van der Waals surface area contributed by atoms with E-state index in [9.17, 15) is 9.50 Å². The molecule has 0 radical (unpaired) electrons. The van der Waals surface area contributed by atoms with Crippen molar-refractivity contribution in [3.63, 3.8) is 0 Å². The van der Waals surface area contributed by atoms with Gasteiger partial charge in [-0.15, -0.1) is 0 Å². The molecule has 0 aliphatic carbocycles. The van der Waals surface area contributed by atoms with Crippen molar-refractivity contribution in [2.75, 3.05) is 0 Å². The Balaban J connectivity index is 3.05. The molecule has 0 aliphatic rings. The molecule has 3 heteroatoms. The topological polar surface area (TPSA) is 46.2 Å². The zero-order valence-electron chi connectivity index (χ0n) is 8.50. The highest BCUT2D eigenvalue weighted by molar-refractivity contribution is 5.30. The zero-order valence-corrected chi connectivity index (χ0v) is 8.50. The van der Waals surface area contributed by atoms with E-state index >= 15 is 0 Å². The van der Waals surface area contributed by atoms with E-state index in [1.165, 1.54) is 6.07 Å². The van der Waals surface area contributed by atoms with Gasteiger partial charge >= 0.3 is 0 Å². The standard InChI is InChI=1S/C11H16FNO/c1-3-9(13)11(14)10-7(2)5-4-6-8(10)12/h4-6,9,11,14H,3,13H2,1-2H3/t9-,11-/m1/s1. The summed E-state index contributed by atoms with van der Waals surface area (Å²) in [6.07, 6.45) is -0.296. The number of halogens is 1. The van der Waals surface area contributed by atoms with Gasteiger partial charge < -0.3 is 10.8 Å². The number of hydrogen-bond donors (Lipinski definition) is 2. The summed E-state index contributed by atoms with van der Waals surface area (Å²) in [4.78, 5) is 0. The molecule has 0 saturated heterocycles. The van der Waals surface area contributed by atoms with E-state index < -0.39 is 12.1 Å². The molecule has 1 aromatic rings. The number of benzene rings is 1. The third-order valence-corrected chi connectivity index (χ3v) is 2.44. The summed E-state index contributed by atoms with van der Waals surface area (Å²) >= 11 is 0. The van der Waals surface area contributed by atoms with Gasteiger partial charge in [-0.25, -0.2) is 4.39 Å². The minimum Gasteiger partial charge on any atom is -0.387 e. The molecule has 2 atom stereocenters. The van der Waals surface area contributed by atoms with E-state index in [1.807, 2.05) is 6.92 Å². The van der Waals surface area contributed by atoms with Gasteiger partial charge in [-0.2, -0.15) is 0 Å². The molecule has 0 spiro atoms. The third kappa shape index (κ3) is 2.11. The molecule has 0 aromatic heterocycles. The van der Waals surface area contributed by atoms with Gasteiger partial charge in [0, 0.05) is 11.6 Å². The molecule has 14 heavy (non-hydrogen) atoms. The van der Waals surface area contributed by atoms with Crippen LogP contribution in [0.25, 0.3) is 0 Å². The van der Waals surface area contributed by atoms with Crippen LogP contribution in [-0.2, 0) is 0 Å². The number of nitrogens with two attached hydrogens (primary N) is 1. The molecule has 3 N–H and O–H groups in total. The second-order valence-electron chi connectivity index (χ2n) is 3.49. The Morgan fingerprint density at radius 2 is 2.14 bits per heavy atom. The maximum Gasteiger partial charge on any atom is 0.129 e. The van der Waals surface area contributed by atoms with Crippen molar-refractivity contribution in [1.82, 2.24) is 0 Å². The average molecular weight is 197 g/mol. The van der Waals surface area contributed by atoms with Gasteiger partial charge in [0.05, 0.1) is 6.10 Å². The summed E-state index contributed by atoms with van der Waals surface area (Å²) in [5.41, 5.74) is 6.73. The summed E-state index contributed by atoms with van der Waals surface area (Å²) < 4.78 is 13.4. The third-order valence-electron chi connectivity index (χ3n) is 2.44. The van der Waals surface area contributed by atoms with Crippen LogP contribution in [0.4, 0.5) is 4.39 Å². The van der Waals surface area contributed by atoms with Crippen LogP contribution < -0.4 is 5.73 Å². The lowest BCUT2D eigenvalue weighted by Crippen LogP contribution is -2.28. The predicted octanol–water partition coefficient (Wildman–Crippen LogP) is 1.90. The highest BCUT2D eigenvalue weighted by atomic mass is 19.1. The Labute approximate surface area is 83.6 Å². The molecule has 0 heterocycles. The first-order valence-electron chi connectivity index (χ1n) is 4.76. The molecular weight excluding hydrogens is 181 g/mol. The van der Waals surface area contributed by atoms with Gasteiger partial charge in [0.25, 0.3) is 0 Å². The number of aryl methyl sites for hydroxylation is 1. The van der Waals surface area contributed by atoms with Crippen LogP contribution in [0.1, 0.15) is 30.6 Å². The van der Waals surface area contributed by atoms with E-state index in [4.69, 9.17) is 5.73 Å². The Bertz CT molecular complexity index is 294. The minimum atomic E-state index is -0.916. The minimum absolute atomic E-state index is 0.321. The summed E-state index contributed by atoms with van der Waals surface area (Å²) in [5.74, 6) is -0.388. The van der Waals surface area contributed by atoms with Gasteiger partial charge in [-0.1, -0.05) is 19.1 Å². The maximum atomic E-state index is 13.4. The Morgan fingerprint density at radius 3 is 2.64 bits per heavy atom. The zero-order chi connectivity index (χ0) is 10.7. The van der Waals surface area contributed by atoms with Crippen LogP contribution in [0, 0.1) is 12.7 Å². The largest absolute Gasteiger partial charge is 0.387 e. The first-order chi connectivity index (χ1) is 6.57. The Morgan fingerprint density at radius 1 is 1.50 bits per heavy atom. The first-order valence-corrected chi connectivity index (χ1v) is 4.76. The first kappa shape index (κ1) is 11.1. The monoisotopic (exact) mass is 197 g/mol. The number of hydrogen-bond acceptors (Lipinski definition) is 2. The van der Waals surface area contributed by atoms with Crippen molar-refractivity contribution < 1.29 is 9.50 Å². The predicted molar refractivity (Wildman–Crippen MR) is 54.4 cm³/mol. The van der Waals surface area contributed by atoms with Gasteiger partial charge in [-0.3, -0.25) is 0 Å².